The zero-order valence-corrected chi connectivity index (χ0v) is 12.8. The fourth-order valence-corrected chi connectivity index (χ4v) is 2.42. The molecule has 0 bridgehead atoms. The highest BCUT2D eigenvalue weighted by molar-refractivity contribution is 5.78. The Morgan fingerprint density at radius 1 is 1.08 bits per heavy atom. The first-order valence-corrected chi connectivity index (χ1v) is 7.37. The molecule has 6 nitrogen and oxygen atoms in total. The second-order valence-electron chi connectivity index (χ2n) is 5.31. The maximum atomic E-state index is 11.5. The lowest BCUT2D eigenvalue weighted by atomic mass is 10.2. The summed E-state index contributed by atoms with van der Waals surface area (Å²) in [5.74, 6) is 0.446. The number of aryl methyl sites for hydroxylation is 1. The second-order valence-corrected chi connectivity index (χ2v) is 5.31. The largest absolute Gasteiger partial charge is 0.419 e. The average molecular weight is 319 g/mol. The molecule has 24 heavy (non-hydrogen) atoms. The minimum Gasteiger partial charge on any atom is -0.408 e. The molecule has 0 fully saturated rings. The van der Waals surface area contributed by atoms with E-state index in [2.05, 4.69) is 10.1 Å². The summed E-state index contributed by atoms with van der Waals surface area (Å²) in [5, 5.41) is 3.97. The monoisotopic (exact) mass is 319 g/mol. The molecule has 0 aliphatic rings. The first-order valence-electron chi connectivity index (χ1n) is 7.37. The highest BCUT2D eigenvalue weighted by atomic mass is 16.5. The summed E-state index contributed by atoms with van der Waals surface area (Å²) in [6.45, 7) is 0. The number of nitrogens with zero attached hydrogens (tertiary/aromatic N) is 3. The van der Waals surface area contributed by atoms with Crippen molar-refractivity contribution < 1.29 is 8.94 Å². The standard InChI is InChI=1S/C18H13N3O3/c1-21-14-9-8-13(11-15(14)23-18(21)22)17-19-16(24-20-17)10-7-12-5-3-2-4-6-12/h2-11H,1H3/b10-7+. The van der Waals surface area contributed by atoms with Crippen molar-refractivity contribution in [1.82, 2.24) is 14.7 Å². The molecule has 6 heteroatoms. The molecule has 0 unspecified atom stereocenters. The molecule has 0 saturated heterocycles. The molecule has 2 aromatic heterocycles. The van der Waals surface area contributed by atoms with Crippen LogP contribution in [-0.4, -0.2) is 14.7 Å². The zero-order valence-electron chi connectivity index (χ0n) is 12.8. The highest BCUT2D eigenvalue weighted by Crippen LogP contribution is 2.22. The van der Waals surface area contributed by atoms with E-state index >= 15 is 0 Å². The molecule has 0 saturated carbocycles. The Labute approximate surface area is 136 Å². The molecule has 0 spiro atoms. The SMILES string of the molecule is Cn1c(=O)oc2cc(-c3noc(/C=C/c4ccccc4)n3)ccc21. The molecular weight excluding hydrogens is 306 g/mol. The number of benzene rings is 2. The second kappa shape index (κ2) is 5.66. The van der Waals surface area contributed by atoms with Gasteiger partial charge >= 0.3 is 5.76 Å². The van der Waals surface area contributed by atoms with E-state index in [-0.39, 0.29) is 0 Å². The lowest BCUT2D eigenvalue weighted by molar-refractivity contribution is 0.411. The molecule has 2 heterocycles. The maximum absolute atomic E-state index is 11.5. The fraction of sp³-hybridized carbons (Fsp3) is 0.0556. The Morgan fingerprint density at radius 2 is 1.92 bits per heavy atom. The molecular formula is C18H13N3O3. The van der Waals surface area contributed by atoms with Gasteiger partial charge in [-0.25, -0.2) is 4.79 Å². The van der Waals surface area contributed by atoms with Crippen molar-refractivity contribution in [1.29, 1.82) is 0 Å². The number of oxazole rings is 1. The average Bonchev–Trinajstić information content (AvgIpc) is 3.19. The van der Waals surface area contributed by atoms with Gasteiger partial charge in [-0.15, -0.1) is 0 Å². The van der Waals surface area contributed by atoms with Gasteiger partial charge in [0, 0.05) is 18.7 Å². The number of aromatic nitrogens is 3. The predicted octanol–water partition coefficient (Wildman–Crippen LogP) is 3.35. The van der Waals surface area contributed by atoms with Crippen LogP contribution in [0.25, 0.3) is 34.6 Å². The summed E-state index contributed by atoms with van der Waals surface area (Å²) in [6, 6.07) is 15.2. The Kier molecular flexibility index (Phi) is 3.35. The van der Waals surface area contributed by atoms with Crippen molar-refractivity contribution in [2.45, 2.75) is 0 Å². The van der Waals surface area contributed by atoms with Crippen molar-refractivity contribution >= 4 is 23.3 Å². The van der Waals surface area contributed by atoms with E-state index < -0.39 is 5.76 Å². The van der Waals surface area contributed by atoms with Crippen molar-refractivity contribution in [2.75, 3.05) is 0 Å². The van der Waals surface area contributed by atoms with Crippen molar-refractivity contribution in [3.63, 3.8) is 0 Å². The van der Waals surface area contributed by atoms with E-state index in [1.807, 2.05) is 42.5 Å². The number of fused-ring (bicyclic) bond motifs is 1. The summed E-state index contributed by atoms with van der Waals surface area (Å²) in [4.78, 5) is 15.9. The fourth-order valence-electron chi connectivity index (χ4n) is 2.42. The molecule has 0 N–H and O–H groups in total. The molecule has 2 aromatic carbocycles. The summed E-state index contributed by atoms with van der Waals surface area (Å²) < 4.78 is 11.9. The van der Waals surface area contributed by atoms with E-state index in [9.17, 15) is 4.79 Å². The van der Waals surface area contributed by atoms with Crippen molar-refractivity contribution in [3.8, 4) is 11.4 Å². The smallest absolute Gasteiger partial charge is 0.408 e. The lowest BCUT2D eigenvalue weighted by Gasteiger charge is -1.94. The van der Waals surface area contributed by atoms with Gasteiger partial charge in [0.1, 0.15) is 0 Å². The third-order valence-corrected chi connectivity index (χ3v) is 3.71. The first kappa shape index (κ1) is 14.2. The maximum Gasteiger partial charge on any atom is 0.419 e. The van der Waals surface area contributed by atoms with Crippen LogP contribution in [0.5, 0.6) is 0 Å². The third-order valence-electron chi connectivity index (χ3n) is 3.71. The lowest BCUT2D eigenvalue weighted by Crippen LogP contribution is -2.08. The Morgan fingerprint density at radius 3 is 2.75 bits per heavy atom. The van der Waals surface area contributed by atoms with Gasteiger partial charge in [-0.05, 0) is 29.8 Å². The van der Waals surface area contributed by atoms with Crippen LogP contribution < -0.4 is 5.76 Å². The Hall–Kier alpha value is -3.41. The quantitative estimate of drug-likeness (QED) is 0.579. The summed E-state index contributed by atoms with van der Waals surface area (Å²) in [7, 11) is 1.66. The number of hydrogen-bond donors (Lipinski definition) is 0. The molecule has 118 valence electrons. The van der Waals surface area contributed by atoms with E-state index in [0.29, 0.717) is 17.3 Å². The van der Waals surface area contributed by atoms with Crippen LogP contribution in [-0.2, 0) is 7.05 Å². The van der Waals surface area contributed by atoms with Crippen LogP contribution in [0.4, 0.5) is 0 Å². The topological polar surface area (TPSA) is 74.1 Å². The molecule has 4 aromatic rings. The summed E-state index contributed by atoms with van der Waals surface area (Å²) in [5.41, 5.74) is 2.98. The van der Waals surface area contributed by atoms with Crippen LogP contribution in [0.3, 0.4) is 0 Å². The molecule has 0 amide bonds. The number of rotatable bonds is 3. The van der Waals surface area contributed by atoms with Gasteiger partial charge in [0.25, 0.3) is 5.89 Å². The Bertz CT molecular complexity index is 1090. The summed E-state index contributed by atoms with van der Waals surface area (Å²) >= 11 is 0. The molecule has 0 atom stereocenters. The van der Waals surface area contributed by atoms with Crippen molar-refractivity contribution in [3.05, 3.63) is 70.5 Å². The Balaban J connectivity index is 1.65. The van der Waals surface area contributed by atoms with Gasteiger partial charge in [-0.3, -0.25) is 4.57 Å². The van der Waals surface area contributed by atoms with Gasteiger partial charge in [-0.1, -0.05) is 35.5 Å². The van der Waals surface area contributed by atoms with Crippen LogP contribution in [0.1, 0.15) is 11.5 Å². The third kappa shape index (κ3) is 2.54. The zero-order chi connectivity index (χ0) is 16.5. The van der Waals surface area contributed by atoms with Crippen LogP contribution in [0.15, 0.2) is 62.3 Å². The minimum atomic E-state index is -0.401. The van der Waals surface area contributed by atoms with Gasteiger partial charge in [0.05, 0.1) is 5.52 Å². The van der Waals surface area contributed by atoms with Gasteiger partial charge < -0.3 is 8.94 Å². The molecule has 0 radical (unpaired) electrons. The van der Waals surface area contributed by atoms with Crippen molar-refractivity contribution in [2.24, 2.45) is 7.05 Å². The normalized spacial score (nSPS) is 11.5. The van der Waals surface area contributed by atoms with E-state index in [4.69, 9.17) is 8.94 Å². The predicted molar refractivity (Wildman–Crippen MR) is 90.1 cm³/mol. The van der Waals surface area contributed by atoms with Gasteiger partial charge in [0.2, 0.25) is 5.82 Å². The highest BCUT2D eigenvalue weighted by Gasteiger charge is 2.11. The van der Waals surface area contributed by atoms with E-state index in [1.54, 1.807) is 25.3 Å². The van der Waals surface area contributed by atoms with Crippen LogP contribution in [0.2, 0.25) is 0 Å². The molecule has 0 aliphatic carbocycles. The minimum absolute atomic E-state index is 0.401. The molecule has 4 rings (SSSR count). The first-order chi connectivity index (χ1) is 11.7. The molecule has 0 aliphatic heterocycles. The summed E-state index contributed by atoms with van der Waals surface area (Å²) in [6.07, 6.45) is 3.66. The number of hydrogen-bond acceptors (Lipinski definition) is 5. The van der Waals surface area contributed by atoms with Crippen LogP contribution in [0, 0.1) is 0 Å². The van der Waals surface area contributed by atoms with E-state index in [0.717, 1.165) is 16.6 Å². The van der Waals surface area contributed by atoms with Gasteiger partial charge in [-0.2, -0.15) is 4.98 Å². The van der Waals surface area contributed by atoms with Crippen LogP contribution >= 0.6 is 0 Å². The van der Waals surface area contributed by atoms with E-state index in [1.165, 1.54) is 4.57 Å². The van der Waals surface area contributed by atoms with Gasteiger partial charge in [0.15, 0.2) is 5.58 Å².